The van der Waals surface area contributed by atoms with Gasteiger partial charge >= 0.3 is 11.9 Å². The number of rotatable bonds is 5. The number of esters is 1. The predicted octanol–water partition coefficient (Wildman–Crippen LogP) is -0.276. The van der Waals surface area contributed by atoms with Crippen LogP contribution in [0.4, 0.5) is 0 Å². The SMILES string of the molecule is C=CC(=O)O.CC(=O)CC(=O)OCCN. The van der Waals surface area contributed by atoms with Crippen molar-refractivity contribution < 1.29 is 24.2 Å². The molecule has 0 aliphatic heterocycles. The van der Waals surface area contributed by atoms with Crippen LogP contribution in [-0.4, -0.2) is 36.0 Å². The molecule has 3 N–H and O–H groups in total. The number of carbonyl (C=O) groups is 3. The molecule has 6 nitrogen and oxygen atoms in total. The number of ketones is 1. The largest absolute Gasteiger partial charge is 0.478 e. The fraction of sp³-hybridized carbons (Fsp3) is 0.444. The van der Waals surface area contributed by atoms with E-state index in [0.29, 0.717) is 6.54 Å². The Bertz CT molecular complexity index is 237. The van der Waals surface area contributed by atoms with Gasteiger partial charge in [0.15, 0.2) is 0 Å². The third-order valence-corrected chi connectivity index (χ3v) is 0.949. The highest BCUT2D eigenvalue weighted by Crippen LogP contribution is 1.86. The molecular formula is C9H15NO5. The van der Waals surface area contributed by atoms with Crippen LogP contribution in [-0.2, 0) is 19.1 Å². The molecule has 0 rings (SSSR count). The van der Waals surface area contributed by atoms with E-state index in [1.165, 1.54) is 6.92 Å². The fourth-order valence-corrected chi connectivity index (χ4v) is 0.427. The van der Waals surface area contributed by atoms with E-state index in [9.17, 15) is 14.4 Å². The zero-order chi connectivity index (χ0) is 12.3. The van der Waals surface area contributed by atoms with Gasteiger partial charge in [0.2, 0.25) is 0 Å². The van der Waals surface area contributed by atoms with Crippen molar-refractivity contribution in [2.24, 2.45) is 5.73 Å². The molecule has 0 saturated carbocycles. The van der Waals surface area contributed by atoms with E-state index in [4.69, 9.17) is 10.8 Å². The van der Waals surface area contributed by atoms with Crippen LogP contribution in [0.25, 0.3) is 0 Å². The lowest BCUT2D eigenvalue weighted by atomic mass is 10.3. The van der Waals surface area contributed by atoms with E-state index in [1.54, 1.807) is 0 Å². The van der Waals surface area contributed by atoms with Crippen molar-refractivity contribution in [3.8, 4) is 0 Å². The quantitative estimate of drug-likeness (QED) is 0.373. The summed E-state index contributed by atoms with van der Waals surface area (Å²) in [5.41, 5.74) is 5.05. The lowest BCUT2D eigenvalue weighted by molar-refractivity contribution is -0.145. The molecule has 0 aromatic carbocycles. The predicted molar refractivity (Wildman–Crippen MR) is 53.1 cm³/mol. The Kier molecular flexibility index (Phi) is 10.9. The zero-order valence-electron chi connectivity index (χ0n) is 8.56. The molecule has 86 valence electrons. The van der Waals surface area contributed by atoms with Gasteiger partial charge in [-0.05, 0) is 6.92 Å². The minimum Gasteiger partial charge on any atom is -0.478 e. The molecule has 6 heteroatoms. The topological polar surface area (TPSA) is 107 Å². The highest BCUT2D eigenvalue weighted by Gasteiger charge is 2.04. The van der Waals surface area contributed by atoms with Crippen molar-refractivity contribution in [3.05, 3.63) is 12.7 Å². The average Bonchev–Trinajstić information content (AvgIpc) is 2.14. The van der Waals surface area contributed by atoms with Gasteiger partial charge in [-0.2, -0.15) is 0 Å². The Labute approximate surface area is 87.7 Å². The van der Waals surface area contributed by atoms with Gasteiger partial charge in [-0.3, -0.25) is 9.59 Å². The molecule has 0 heterocycles. The van der Waals surface area contributed by atoms with Crippen molar-refractivity contribution in [1.82, 2.24) is 0 Å². The number of carboxylic acid groups (broad SMARTS) is 1. The number of aliphatic carboxylic acids is 1. The van der Waals surface area contributed by atoms with E-state index in [2.05, 4.69) is 11.3 Å². The van der Waals surface area contributed by atoms with Crippen molar-refractivity contribution in [3.63, 3.8) is 0 Å². The summed E-state index contributed by atoms with van der Waals surface area (Å²) in [5, 5.41) is 7.60. The van der Waals surface area contributed by atoms with Crippen molar-refractivity contribution >= 4 is 17.7 Å². The highest BCUT2D eigenvalue weighted by atomic mass is 16.5. The Morgan fingerprint density at radius 3 is 2.20 bits per heavy atom. The van der Waals surface area contributed by atoms with Crippen LogP contribution in [0.15, 0.2) is 12.7 Å². The first-order valence-electron chi connectivity index (χ1n) is 4.14. The molecule has 0 saturated heterocycles. The standard InChI is InChI=1S/C6H11NO3.C3H4O2/c1-5(8)4-6(9)10-3-2-7;1-2-3(4)5/h2-4,7H2,1H3;2H,1H2,(H,4,5). The molecule has 0 aliphatic rings. The summed E-state index contributed by atoms with van der Waals surface area (Å²) in [7, 11) is 0. The monoisotopic (exact) mass is 217 g/mol. The van der Waals surface area contributed by atoms with Crippen LogP contribution in [0, 0.1) is 0 Å². The summed E-state index contributed by atoms with van der Waals surface area (Å²) in [4.78, 5) is 30.0. The maximum atomic E-state index is 10.5. The minimum atomic E-state index is -0.981. The smallest absolute Gasteiger partial charge is 0.327 e. The lowest BCUT2D eigenvalue weighted by Gasteiger charge is -1.98. The molecule has 0 unspecified atom stereocenters. The summed E-state index contributed by atoms with van der Waals surface area (Å²) < 4.78 is 4.52. The normalized spacial score (nSPS) is 8.13. The molecular weight excluding hydrogens is 202 g/mol. The van der Waals surface area contributed by atoms with E-state index in [0.717, 1.165) is 6.08 Å². The number of Topliss-reactive ketones (excluding diaryl/α,β-unsaturated/α-hetero) is 1. The number of hydrogen-bond donors (Lipinski definition) is 2. The first-order valence-corrected chi connectivity index (χ1v) is 4.14. The van der Waals surface area contributed by atoms with Gasteiger partial charge in [-0.25, -0.2) is 4.79 Å². The number of ether oxygens (including phenoxy) is 1. The van der Waals surface area contributed by atoms with E-state index in [-0.39, 0.29) is 18.8 Å². The Hall–Kier alpha value is -1.69. The molecule has 0 amide bonds. The molecule has 0 radical (unpaired) electrons. The van der Waals surface area contributed by atoms with Crippen LogP contribution in [0.5, 0.6) is 0 Å². The Morgan fingerprint density at radius 1 is 1.47 bits per heavy atom. The summed E-state index contributed by atoms with van der Waals surface area (Å²) in [6.45, 7) is 4.78. The molecule has 0 aromatic heterocycles. The fourth-order valence-electron chi connectivity index (χ4n) is 0.427. The number of nitrogens with two attached hydrogens (primary N) is 1. The molecule has 0 bridgehead atoms. The number of carboxylic acids is 1. The van der Waals surface area contributed by atoms with E-state index >= 15 is 0 Å². The van der Waals surface area contributed by atoms with E-state index in [1.807, 2.05) is 0 Å². The third kappa shape index (κ3) is 18.9. The first kappa shape index (κ1) is 15.8. The van der Waals surface area contributed by atoms with Gasteiger partial charge in [-0.1, -0.05) is 6.58 Å². The highest BCUT2D eigenvalue weighted by molar-refractivity contribution is 5.94. The van der Waals surface area contributed by atoms with Gasteiger partial charge in [0.1, 0.15) is 18.8 Å². The van der Waals surface area contributed by atoms with E-state index < -0.39 is 11.9 Å². The van der Waals surface area contributed by atoms with Crippen LogP contribution < -0.4 is 5.73 Å². The summed E-state index contributed by atoms with van der Waals surface area (Å²) in [6, 6.07) is 0. The lowest BCUT2D eigenvalue weighted by Crippen LogP contribution is -2.15. The van der Waals surface area contributed by atoms with Gasteiger partial charge in [0.25, 0.3) is 0 Å². The van der Waals surface area contributed by atoms with Crippen LogP contribution >= 0.6 is 0 Å². The number of carbonyl (C=O) groups excluding carboxylic acids is 2. The molecule has 0 atom stereocenters. The van der Waals surface area contributed by atoms with Gasteiger partial charge in [-0.15, -0.1) is 0 Å². The second-order valence-corrected chi connectivity index (χ2v) is 2.43. The van der Waals surface area contributed by atoms with Gasteiger partial charge in [0.05, 0.1) is 0 Å². The maximum Gasteiger partial charge on any atom is 0.327 e. The maximum absolute atomic E-state index is 10.5. The average molecular weight is 217 g/mol. The van der Waals surface area contributed by atoms with Crippen LogP contribution in [0.3, 0.4) is 0 Å². The molecule has 0 aromatic rings. The van der Waals surface area contributed by atoms with Crippen molar-refractivity contribution in [1.29, 1.82) is 0 Å². The van der Waals surface area contributed by atoms with Crippen molar-refractivity contribution in [2.45, 2.75) is 13.3 Å². The summed E-state index contributed by atoms with van der Waals surface area (Å²) >= 11 is 0. The summed E-state index contributed by atoms with van der Waals surface area (Å²) in [5.74, 6) is -1.68. The first-order chi connectivity index (χ1) is 6.93. The van der Waals surface area contributed by atoms with Crippen LogP contribution in [0.2, 0.25) is 0 Å². The van der Waals surface area contributed by atoms with Crippen LogP contribution in [0.1, 0.15) is 13.3 Å². The molecule has 0 spiro atoms. The van der Waals surface area contributed by atoms with Gasteiger partial charge in [0, 0.05) is 12.6 Å². The zero-order valence-corrected chi connectivity index (χ0v) is 8.56. The second-order valence-electron chi connectivity index (χ2n) is 2.43. The molecule has 0 aliphatic carbocycles. The number of hydrogen-bond acceptors (Lipinski definition) is 5. The molecule has 0 fully saturated rings. The Balaban J connectivity index is 0. The van der Waals surface area contributed by atoms with Gasteiger partial charge < -0.3 is 15.6 Å². The minimum absolute atomic E-state index is 0.153. The summed E-state index contributed by atoms with van der Waals surface area (Å²) in [6.07, 6.45) is 0.681. The van der Waals surface area contributed by atoms with Crippen molar-refractivity contribution in [2.75, 3.05) is 13.2 Å². The third-order valence-electron chi connectivity index (χ3n) is 0.949. The Morgan fingerprint density at radius 2 is 1.93 bits per heavy atom. The molecule has 15 heavy (non-hydrogen) atoms. The second kappa shape index (κ2) is 10.4.